The Hall–Kier alpha value is -10.4. The molecular weight excluding hydrogens is 1040 g/mol. The van der Waals surface area contributed by atoms with Crippen LogP contribution in [0.5, 0.6) is 34.5 Å². The third-order valence-corrected chi connectivity index (χ3v) is 16.8. The monoisotopic (exact) mass is 1100 g/mol. The number of aryl methyl sites for hydroxylation is 3. The number of fused-ring (bicyclic) bond motifs is 6. The van der Waals surface area contributed by atoms with Gasteiger partial charge < -0.3 is 14.2 Å². The van der Waals surface area contributed by atoms with Crippen LogP contribution in [0, 0.1) is 0 Å². The van der Waals surface area contributed by atoms with E-state index in [2.05, 4.69) is 191 Å². The number of nitrogens with zero attached hydrogens (tertiary/aromatic N) is 7. The number of benzene rings is 9. The predicted molar refractivity (Wildman–Crippen MR) is 334 cm³/mol. The molecule has 14 aromatic rings. The topological polar surface area (TPSA) is 94.0 Å². The van der Waals surface area contributed by atoms with Crippen LogP contribution in [0.15, 0.2) is 231 Å². The predicted octanol–water partition coefficient (Wildman–Crippen LogP) is 18.9. The van der Waals surface area contributed by atoms with Crippen molar-refractivity contribution >= 4 is 44.4 Å². The van der Waals surface area contributed by atoms with Crippen LogP contribution in [0.4, 0.5) is 0 Å². The maximum atomic E-state index is 6.50. The molecule has 3 aliphatic rings. The minimum absolute atomic E-state index is 0.859. The zero-order valence-corrected chi connectivity index (χ0v) is 46.6. The summed E-state index contributed by atoms with van der Waals surface area (Å²) in [7, 11) is 0. The lowest BCUT2D eigenvalue weighted by atomic mass is 10.0. The van der Waals surface area contributed by atoms with Gasteiger partial charge in [-0.2, -0.15) is 0 Å². The van der Waals surface area contributed by atoms with Crippen LogP contribution in [0.25, 0.3) is 104 Å². The van der Waals surface area contributed by atoms with E-state index in [1.165, 1.54) is 20.9 Å². The molecule has 3 aliphatic heterocycles. The Labute approximate surface area is 483 Å². The summed E-state index contributed by atoms with van der Waals surface area (Å²) in [5.41, 5.74) is 18.3. The highest BCUT2D eigenvalue weighted by atomic mass is 32.1. The average molecular weight is 1100 g/mol. The molecule has 11 heteroatoms. The van der Waals surface area contributed by atoms with Gasteiger partial charge in [0.15, 0.2) is 34.5 Å². The molecule has 0 aliphatic carbocycles. The third kappa shape index (κ3) is 8.46. The second kappa shape index (κ2) is 20.6. The molecule has 8 heterocycles. The summed E-state index contributed by atoms with van der Waals surface area (Å²) in [4.78, 5) is 21.2. The molecular formula is C72H53N7O3S. The smallest absolute Gasteiger partial charge is 0.161 e. The van der Waals surface area contributed by atoms with Crippen LogP contribution in [0.1, 0.15) is 38.2 Å². The SMILES string of the molecule is CCc1nc2ccc(-c3ccc(-c4ccc(-c5ccccc5)s4)cc3)c3c2n1-c1ccccc1O3.CCc1nc2ccc(-c3ccccc3)c3c2n1-c1ccccc1O3.CCc1nc2ccc(-c3ccncc3)c3c2n1-c1ccccc1O3. The summed E-state index contributed by atoms with van der Waals surface area (Å²) < 4.78 is 25.9. The number of para-hydroxylation sites is 6. The highest BCUT2D eigenvalue weighted by molar-refractivity contribution is 7.18. The lowest BCUT2D eigenvalue weighted by Crippen LogP contribution is -2.07. The van der Waals surface area contributed by atoms with E-state index >= 15 is 0 Å². The molecule has 10 nitrogen and oxygen atoms in total. The molecule has 0 spiro atoms. The fourth-order valence-corrected chi connectivity index (χ4v) is 12.8. The van der Waals surface area contributed by atoms with Crippen molar-refractivity contribution in [3.8, 4) is 106 Å². The molecule has 0 saturated carbocycles. The molecule has 5 aromatic heterocycles. The van der Waals surface area contributed by atoms with Crippen LogP contribution in [0.3, 0.4) is 0 Å². The van der Waals surface area contributed by atoms with Crippen molar-refractivity contribution in [1.29, 1.82) is 0 Å². The summed E-state index contributed by atoms with van der Waals surface area (Å²) in [6, 6.07) is 75.2. The number of ether oxygens (including phenoxy) is 3. The molecule has 0 amide bonds. The Balaban J connectivity index is 0.000000109. The van der Waals surface area contributed by atoms with E-state index in [1.807, 2.05) is 78.1 Å². The minimum Gasteiger partial charge on any atom is -0.452 e. The summed E-state index contributed by atoms with van der Waals surface area (Å²) >= 11 is 1.82. The van der Waals surface area contributed by atoms with Gasteiger partial charge in [0.2, 0.25) is 0 Å². The van der Waals surface area contributed by atoms with E-state index < -0.39 is 0 Å². The fourth-order valence-electron chi connectivity index (χ4n) is 11.8. The van der Waals surface area contributed by atoms with Gasteiger partial charge in [-0.25, -0.2) is 15.0 Å². The summed E-state index contributed by atoms with van der Waals surface area (Å²) in [5, 5.41) is 0. The van der Waals surface area contributed by atoms with Crippen molar-refractivity contribution in [3.63, 3.8) is 0 Å². The number of imidazole rings is 3. The van der Waals surface area contributed by atoms with E-state index in [-0.39, 0.29) is 0 Å². The standard InChI is InChI=1S/C31H22N2OS.C21H16N2O.C20H15N3O/c1-2-29-32-24-17-16-23(31-30(24)33(29)25-10-6-7-11-26(25)34-31)20-12-14-22(15-13-20)28-19-18-27(35-28)21-8-4-3-5-9-21;1-2-19-22-16-13-12-15(14-8-4-3-5-9-14)21-20(16)23(19)17-10-6-7-11-18(17)24-21;1-2-18-22-15-8-7-14(13-9-11-21-12-10-13)20-19(15)23(18)16-5-3-4-6-17(16)24-20/h3-19H,2H2,1H3;3-13H,2H2,1H3;3-12H,2H2,1H3. The Morgan fingerprint density at radius 3 is 1.05 bits per heavy atom. The van der Waals surface area contributed by atoms with Gasteiger partial charge in [-0.05, 0) is 125 Å². The zero-order valence-electron chi connectivity index (χ0n) is 45.8. The molecule has 400 valence electrons. The Morgan fingerprint density at radius 2 is 0.651 bits per heavy atom. The van der Waals surface area contributed by atoms with Gasteiger partial charge in [0.1, 0.15) is 34.0 Å². The van der Waals surface area contributed by atoms with Gasteiger partial charge in [-0.1, -0.05) is 142 Å². The molecule has 0 N–H and O–H groups in total. The van der Waals surface area contributed by atoms with E-state index in [4.69, 9.17) is 29.2 Å². The van der Waals surface area contributed by atoms with Crippen LogP contribution in [-0.4, -0.2) is 33.6 Å². The molecule has 0 bridgehead atoms. The first-order chi connectivity index (χ1) is 41.0. The number of thiophene rings is 1. The van der Waals surface area contributed by atoms with Gasteiger partial charge in [0, 0.05) is 58.1 Å². The number of hydrogen-bond donors (Lipinski definition) is 0. The molecule has 0 unspecified atom stereocenters. The first-order valence-electron chi connectivity index (χ1n) is 28.2. The highest BCUT2D eigenvalue weighted by Crippen LogP contribution is 2.50. The van der Waals surface area contributed by atoms with Gasteiger partial charge >= 0.3 is 0 Å². The Morgan fingerprint density at radius 1 is 0.325 bits per heavy atom. The van der Waals surface area contributed by atoms with Crippen molar-refractivity contribution in [2.75, 3.05) is 0 Å². The Bertz CT molecular complexity index is 4600. The van der Waals surface area contributed by atoms with Crippen molar-refractivity contribution in [1.82, 2.24) is 33.6 Å². The minimum atomic E-state index is 0.859. The number of rotatable bonds is 8. The zero-order chi connectivity index (χ0) is 55.5. The van der Waals surface area contributed by atoms with Gasteiger partial charge in [0.25, 0.3) is 0 Å². The number of aromatic nitrogens is 7. The van der Waals surface area contributed by atoms with Crippen molar-refractivity contribution in [2.45, 2.75) is 40.0 Å². The highest BCUT2D eigenvalue weighted by Gasteiger charge is 2.29. The second-order valence-electron chi connectivity index (χ2n) is 20.5. The fraction of sp³-hybridized carbons (Fsp3) is 0.0833. The molecule has 9 aromatic carbocycles. The largest absolute Gasteiger partial charge is 0.452 e. The quantitative estimate of drug-likeness (QED) is 0.150. The number of hydrogen-bond acceptors (Lipinski definition) is 8. The molecule has 83 heavy (non-hydrogen) atoms. The van der Waals surface area contributed by atoms with E-state index in [1.54, 1.807) is 12.4 Å². The molecule has 0 radical (unpaired) electrons. The molecule has 17 rings (SSSR count). The van der Waals surface area contributed by atoms with E-state index in [9.17, 15) is 0 Å². The molecule has 0 saturated heterocycles. The maximum absolute atomic E-state index is 6.50. The van der Waals surface area contributed by atoms with Crippen molar-refractivity contribution in [3.05, 3.63) is 248 Å². The molecule has 0 atom stereocenters. The Kier molecular flexibility index (Phi) is 12.3. The molecule has 0 fully saturated rings. The van der Waals surface area contributed by atoms with Crippen LogP contribution < -0.4 is 14.2 Å². The summed E-state index contributed by atoms with van der Waals surface area (Å²) in [6.45, 7) is 6.42. The van der Waals surface area contributed by atoms with Gasteiger partial charge in [0.05, 0.1) is 33.6 Å². The summed E-state index contributed by atoms with van der Waals surface area (Å²) in [6.07, 6.45) is 6.21. The maximum Gasteiger partial charge on any atom is 0.161 e. The lowest BCUT2D eigenvalue weighted by Gasteiger charge is -2.23. The van der Waals surface area contributed by atoms with Crippen LogP contribution in [0.2, 0.25) is 0 Å². The van der Waals surface area contributed by atoms with Gasteiger partial charge in [-0.15, -0.1) is 11.3 Å². The number of pyridine rings is 1. The lowest BCUT2D eigenvalue weighted by molar-refractivity contribution is 0.476. The van der Waals surface area contributed by atoms with Crippen molar-refractivity contribution in [2.24, 2.45) is 0 Å². The van der Waals surface area contributed by atoms with Crippen LogP contribution >= 0.6 is 11.3 Å². The van der Waals surface area contributed by atoms with Crippen LogP contribution in [-0.2, 0) is 19.3 Å². The first-order valence-corrected chi connectivity index (χ1v) is 29.0. The van der Waals surface area contributed by atoms with Crippen molar-refractivity contribution < 1.29 is 14.2 Å². The van der Waals surface area contributed by atoms with Gasteiger partial charge in [-0.3, -0.25) is 18.7 Å². The van der Waals surface area contributed by atoms with E-state index in [0.717, 1.165) is 155 Å². The van der Waals surface area contributed by atoms with E-state index in [0.29, 0.717) is 0 Å². The second-order valence-corrected chi connectivity index (χ2v) is 21.6. The average Bonchev–Trinajstić information content (AvgIpc) is 4.57. The summed E-state index contributed by atoms with van der Waals surface area (Å²) in [5.74, 6) is 8.41. The normalized spacial score (nSPS) is 12.0. The first kappa shape index (κ1) is 49.7. The third-order valence-electron chi connectivity index (χ3n) is 15.6.